The van der Waals surface area contributed by atoms with Crippen LogP contribution in [0.3, 0.4) is 0 Å². The second-order valence-corrected chi connectivity index (χ2v) is 5.23. The summed E-state index contributed by atoms with van der Waals surface area (Å²) < 4.78 is 2.28. The van der Waals surface area contributed by atoms with E-state index in [1.165, 1.54) is 22.2 Å². The Morgan fingerprint density at radius 2 is 1.87 bits per heavy atom. The van der Waals surface area contributed by atoms with E-state index in [-0.39, 0.29) is 5.41 Å². The van der Waals surface area contributed by atoms with E-state index in [1.54, 1.807) is 0 Å². The molecule has 2 aromatic heterocycles. The molecule has 0 atom stereocenters. The van der Waals surface area contributed by atoms with E-state index in [0.29, 0.717) is 0 Å². The van der Waals surface area contributed by atoms with E-state index in [0.717, 1.165) is 0 Å². The largest absolute Gasteiger partial charge is 0.347 e. The topological polar surface area (TPSA) is 17.8 Å². The van der Waals surface area contributed by atoms with Crippen molar-refractivity contribution in [3.63, 3.8) is 0 Å². The van der Waals surface area contributed by atoms with Gasteiger partial charge in [-0.05, 0) is 18.6 Å². The average molecular weight is 202 g/mol. The van der Waals surface area contributed by atoms with Crippen LogP contribution >= 0.6 is 0 Å². The molecule has 80 valence electrons. The number of pyridine rings is 1. The van der Waals surface area contributed by atoms with Gasteiger partial charge in [0.1, 0.15) is 0 Å². The highest BCUT2D eigenvalue weighted by Crippen LogP contribution is 2.29. The van der Waals surface area contributed by atoms with E-state index in [4.69, 9.17) is 0 Å². The summed E-state index contributed by atoms with van der Waals surface area (Å²) >= 11 is 0. The van der Waals surface area contributed by atoms with Crippen LogP contribution < -0.4 is 0 Å². The average Bonchev–Trinajstić information content (AvgIpc) is 2.44. The molecule has 0 aliphatic rings. The summed E-state index contributed by atoms with van der Waals surface area (Å²) in [4.78, 5) is 4.24. The number of hydrogen-bond acceptors (Lipinski definition) is 1. The zero-order valence-electron chi connectivity index (χ0n) is 10.1. The second-order valence-electron chi connectivity index (χ2n) is 5.23. The van der Waals surface area contributed by atoms with Gasteiger partial charge in [0.25, 0.3) is 0 Å². The normalized spacial score (nSPS) is 12.3. The van der Waals surface area contributed by atoms with Crippen LogP contribution in [-0.2, 0) is 12.5 Å². The molecule has 2 aromatic rings. The highest BCUT2D eigenvalue weighted by atomic mass is 15.0. The molecule has 2 heteroatoms. The minimum absolute atomic E-state index is 0.181. The molecule has 0 amide bonds. The Morgan fingerprint density at radius 3 is 2.40 bits per heavy atom. The highest BCUT2D eigenvalue weighted by molar-refractivity contribution is 5.83. The summed E-state index contributed by atoms with van der Waals surface area (Å²) in [5.74, 6) is 0. The van der Waals surface area contributed by atoms with Crippen LogP contribution in [0.2, 0.25) is 0 Å². The first-order valence-electron chi connectivity index (χ1n) is 5.32. The molecular formula is C13H18N2. The third kappa shape index (κ3) is 1.54. The lowest BCUT2D eigenvalue weighted by Gasteiger charge is -2.19. The van der Waals surface area contributed by atoms with Gasteiger partial charge in [0.05, 0.1) is 5.52 Å². The van der Waals surface area contributed by atoms with Crippen LogP contribution in [0.4, 0.5) is 0 Å². The highest BCUT2D eigenvalue weighted by Gasteiger charge is 2.19. The Hall–Kier alpha value is -1.31. The number of aryl methyl sites for hydroxylation is 2. The molecule has 0 N–H and O–H groups in total. The van der Waals surface area contributed by atoms with Crippen molar-refractivity contribution in [3.8, 4) is 0 Å². The van der Waals surface area contributed by atoms with Crippen molar-refractivity contribution < 1.29 is 0 Å². The molecule has 0 unspecified atom stereocenters. The van der Waals surface area contributed by atoms with E-state index >= 15 is 0 Å². The van der Waals surface area contributed by atoms with Gasteiger partial charge < -0.3 is 4.57 Å². The van der Waals surface area contributed by atoms with Gasteiger partial charge in [-0.25, -0.2) is 0 Å². The summed E-state index contributed by atoms with van der Waals surface area (Å²) in [6.45, 7) is 8.83. The minimum atomic E-state index is 0.181. The molecule has 0 fully saturated rings. The first-order chi connectivity index (χ1) is 6.91. The SMILES string of the molecule is Cc1cncc2cc(C(C)(C)C)n(C)c12. The van der Waals surface area contributed by atoms with Crippen LogP contribution in [0, 0.1) is 6.92 Å². The predicted molar refractivity (Wildman–Crippen MR) is 64.2 cm³/mol. The van der Waals surface area contributed by atoms with Gasteiger partial charge in [0.2, 0.25) is 0 Å². The zero-order valence-corrected chi connectivity index (χ0v) is 10.1. The number of rotatable bonds is 0. The Kier molecular flexibility index (Phi) is 2.10. The van der Waals surface area contributed by atoms with Gasteiger partial charge in [0, 0.05) is 35.9 Å². The zero-order chi connectivity index (χ0) is 11.2. The molecule has 0 aliphatic carbocycles. The summed E-state index contributed by atoms with van der Waals surface area (Å²) in [6.07, 6.45) is 3.87. The lowest BCUT2D eigenvalue weighted by molar-refractivity contribution is 0.547. The van der Waals surface area contributed by atoms with E-state index in [1.807, 2.05) is 12.4 Å². The van der Waals surface area contributed by atoms with E-state index in [2.05, 4.69) is 50.4 Å². The third-order valence-electron chi connectivity index (χ3n) is 2.89. The fourth-order valence-corrected chi connectivity index (χ4v) is 2.23. The quantitative estimate of drug-likeness (QED) is 0.641. The Balaban J connectivity index is 2.82. The van der Waals surface area contributed by atoms with Gasteiger partial charge in [-0.1, -0.05) is 20.8 Å². The van der Waals surface area contributed by atoms with Gasteiger partial charge in [-0.2, -0.15) is 0 Å². The van der Waals surface area contributed by atoms with Gasteiger partial charge >= 0.3 is 0 Å². The molecule has 2 heterocycles. The minimum Gasteiger partial charge on any atom is -0.347 e. The molecule has 0 aromatic carbocycles. The van der Waals surface area contributed by atoms with Crippen molar-refractivity contribution in [1.29, 1.82) is 0 Å². The van der Waals surface area contributed by atoms with Crippen molar-refractivity contribution in [2.45, 2.75) is 33.1 Å². The summed E-state index contributed by atoms with van der Waals surface area (Å²) in [5.41, 5.74) is 4.08. The molecule has 0 saturated heterocycles. The van der Waals surface area contributed by atoms with Crippen LogP contribution in [0.15, 0.2) is 18.5 Å². The van der Waals surface area contributed by atoms with Crippen molar-refractivity contribution in [2.24, 2.45) is 7.05 Å². The summed E-state index contributed by atoms with van der Waals surface area (Å²) in [6, 6.07) is 2.25. The summed E-state index contributed by atoms with van der Waals surface area (Å²) in [5, 5.41) is 1.24. The fraction of sp³-hybridized carbons (Fsp3) is 0.462. The molecule has 0 bridgehead atoms. The van der Waals surface area contributed by atoms with Crippen molar-refractivity contribution in [1.82, 2.24) is 9.55 Å². The maximum atomic E-state index is 4.24. The molecule has 0 saturated carbocycles. The maximum absolute atomic E-state index is 4.24. The lowest BCUT2D eigenvalue weighted by Crippen LogP contribution is -2.15. The molecule has 2 nitrogen and oxygen atoms in total. The Bertz CT molecular complexity index is 501. The molecule has 0 spiro atoms. The predicted octanol–water partition coefficient (Wildman–Crippen LogP) is 3.18. The van der Waals surface area contributed by atoms with E-state index < -0.39 is 0 Å². The first kappa shape index (κ1) is 10.2. The van der Waals surface area contributed by atoms with Crippen molar-refractivity contribution in [3.05, 3.63) is 29.7 Å². The lowest BCUT2D eigenvalue weighted by atomic mass is 9.92. The van der Waals surface area contributed by atoms with Crippen molar-refractivity contribution >= 4 is 10.9 Å². The number of hydrogen-bond donors (Lipinski definition) is 0. The second kappa shape index (κ2) is 3.09. The molecule has 2 rings (SSSR count). The van der Waals surface area contributed by atoms with Gasteiger partial charge in [0.15, 0.2) is 0 Å². The van der Waals surface area contributed by atoms with Gasteiger partial charge in [-0.3, -0.25) is 4.98 Å². The smallest absolute Gasteiger partial charge is 0.0540 e. The van der Waals surface area contributed by atoms with Gasteiger partial charge in [-0.15, -0.1) is 0 Å². The molecule has 15 heavy (non-hydrogen) atoms. The monoisotopic (exact) mass is 202 g/mol. The van der Waals surface area contributed by atoms with Crippen LogP contribution in [0.25, 0.3) is 10.9 Å². The fourth-order valence-electron chi connectivity index (χ4n) is 2.23. The van der Waals surface area contributed by atoms with E-state index in [9.17, 15) is 0 Å². The number of fused-ring (bicyclic) bond motifs is 1. The van der Waals surface area contributed by atoms with Crippen LogP contribution in [0.5, 0.6) is 0 Å². The van der Waals surface area contributed by atoms with Crippen LogP contribution in [0.1, 0.15) is 32.0 Å². The Morgan fingerprint density at radius 1 is 1.20 bits per heavy atom. The Labute approximate surface area is 90.9 Å². The van der Waals surface area contributed by atoms with Crippen LogP contribution in [-0.4, -0.2) is 9.55 Å². The summed E-state index contributed by atoms with van der Waals surface area (Å²) in [7, 11) is 2.13. The molecule has 0 aliphatic heterocycles. The number of aromatic nitrogens is 2. The molecular weight excluding hydrogens is 184 g/mol. The maximum Gasteiger partial charge on any atom is 0.0540 e. The number of nitrogens with zero attached hydrogens (tertiary/aromatic N) is 2. The third-order valence-corrected chi connectivity index (χ3v) is 2.89. The van der Waals surface area contributed by atoms with Crippen molar-refractivity contribution in [2.75, 3.05) is 0 Å². The standard InChI is InChI=1S/C13H18N2/c1-9-7-14-8-10-6-11(13(2,3)4)15(5)12(9)10/h6-8H,1-5H3. The molecule has 0 radical (unpaired) electrons. The first-order valence-corrected chi connectivity index (χ1v) is 5.32.